The van der Waals surface area contributed by atoms with Gasteiger partial charge in [0.1, 0.15) is 5.75 Å². The Bertz CT molecular complexity index is 1490. The van der Waals surface area contributed by atoms with Crippen molar-refractivity contribution in [2.45, 2.75) is 13.0 Å². The van der Waals surface area contributed by atoms with Gasteiger partial charge in [0.2, 0.25) is 0 Å². The van der Waals surface area contributed by atoms with E-state index in [2.05, 4.69) is 10.5 Å². The molecule has 188 valence electrons. The topological polar surface area (TPSA) is 86.2 Å². The van der Waals surface area contributed by atoms with E-state index in [0.717, 1.165) is 10.8 Å². The molecule has 0 aliphatic heterocycles. The minimum absolute atomic E-state index is 0.168. The zero-order chi connectivity index (χ0) is 26.4. The second-order valence-corrected chi connectivity index (χ2v) is 8.77. The van der Waals surface area contributed by atoms with Gasteiger partial charge >= 0.3 is 5.97 Å². The van der Waals surface area contributed by atoms with Crippen molar-refractivity contribution in [3.63, 3.8) is 0 Å². The third-order valence-electron chi connectivity index (χ3n) is 5.33. The zero-order valence-electron chi connectivity index (χ0n) is 19.9. The molecule has 0 fully saturated rings. The third kappa shape index (κ3) is 6.58. The van der Waals surface area contributed by atoms with Gasteiger partial charge in [-0.3, -0.25) is 4.79 Å². The molecule has 0 unspecified atom stereocenters. The number of hydrazone groups is 1. The molecule has 37 heavy (non-hydrogen) atoms. The number of amides is 1. The van der Waals surface area contributed by atoms with Crippen LogP contribution in [-0.2, 0) is 4.79 Å². The lowest BCUT2D eigenvalue weighted by Gasteiger charge is -2.13. The van der Waals surface area contributed by atoms with Crippen LogP contribution in [0.1, 0.15) is 22.8 Å². The van der Waals surface area contributed by atoms with E-state index in [-0.39, 0.29) is 16.3 Å². The number of benzene rings is 4. The molecular weight excluding hydrogens is 515 g/mol. The van der Waals surface area contributed by atoms with Gasteiger partial charge in [0, 0.05) is 5.02 Å². The lowest BCUT2D eigenvalue weighted by Crippen LogP contribution is -2.33. The highest BCUT2D eigenvalue weighted by Crippen LogP contribution is 2.30. The van der Waals surface area contributed by atoms with Crippen molar-refractivity contribution in [2.24, 2.45) is 5.10 Å². The van der Waals surface area contributed by atoms with Gasteiger partial charge in [0.15, 0.2) is 17.6 Å². The number of ether oxygens (including phenoxy) is 3. The second kappa shape index (κ2) is 11.8. The first-order chi connectivity index (χ1) is 17.8. The molecule has 0 saturated heterocycles. The molecule has 0 aliphatic rings. The van der Waals surface area contributed by atoms with Crippen LogP contribution in [0.15, 0.2) is 84.0 Å². The lowest BCUT2D eigenvalue weighted by molar-refractivity contribution is -0.127. The maximum atomic E-state index is 12.5. The third-order valence-corrected chi connectivity index (χ3v) is 5.88. The van der Waals surface area contributed by atoms with Gasteiger partial charge < -0.3 is 14.2 Å². The van der Waals surface area contributed by atoms with Crippen LogP contribution < -0.4 is 19.6 Å². The van der Waals surface area contributed by atoms with E-state index < -0.39 is 18.0 Å². The molecule has 7 nitrogen and oxygen atoms in total. The predicted molar refractivity (Wildman–Crippen MR) is 144 cm³/mol. The maximum absolute atomic E-state index is 12.5. The van der Waals surface area contributed by atoms with Crippen molar-refractivity contribution >= 4 is 52.1 Å². The number of rotatable bonds is 8. The number of hydrogen-bond donors (Lipinski definition) is 1. The van der Waals surface area contributed by atoms with E-state index in [4.69, 9.17) is 37.4 Å². The standard InChI is InChI=1S/C28H22Cl2N2O5/c1-17(36-22-10-8-19-5-3-4-6-20(19)14-22)27(33)32-31-16-18-7-12-25(26(13-18)35-2)37-28(34)23-11-9-21(29)15-24(23)30/h3-17H,1-2H3,(H,32,33)/b31-16-/t17-/m1/s1. The molecule has 1 N–H and O–H groups in total. The van der Waals surface area contributed by atoms with Gasteiger partial charge in [-0.25, -0.2) is 10.2 Å². The number of nitrogens with one attached hydrogen (secondary N) is 1. The van der Waals surface area contributed by atoms with Gasteiger partial charge in [-0.05, 0) is 71.8 Å². The Morgan fingerprint density at radius 2 is 1.70 bits per heavy atom. The molecule has 0 heterocycles. The minimum Gasteiger partial charge on any atom is -0.493 e. The minimum atomic E-state index is -0.769. The quantitative estimate of drug-likeness (QED) is 0.124. The first kappa shape index (κ1) is 26.0. The average molecular weight is 537 g/mol. The molecule has 0 aromatic heterocycles. The Kier molecular flexibility index (Phi) is 8.28. The van der Waals surface area contributed by atoms with E-state index >= 15 is 0 Å². The van der Waals surface area contributed by atoms with Gasteiger partial charge in [-0.1, -0.05) is 53.5 Å². The van der Waals surface area contributed by atoms with Gasteiger partial charge in [0.05, 0.1) is 23.9 Å². The summed E-state index contributed by atoms with van der Waals surface area (Å²) >= 11 is 12.0. The second-order valence-electron chi connectivity index (χ2n) is 7.93. The van der Waals surface area contributed by atoms with E-state index in [0.29, 0.717) is 22.1 Å². The fraction of sp³-hybridized carbons (Fsp3) is 0.107. The van der Waals surface area contributed by atoms with Crippen LogP contribution in [-0.4, -0.2) is 31.3 Å². The molecule has 4 aromatic carbocycles. The van der Waals surface area contributed by atoms with E-state index in [1.807, 2.05) is 42.5 Å². The smallest absolute Gasteiger partial charge is 0.345 e. The average Bonchev–Trinajstić information content (AvgIpc) is 2.89. The molecule has 4 rings (SSSR count). The molecule has 4 aromatic rings. The molecule has 1 atom stereocenters. The number of methoxy groups -OCH3 is 1. The van der Waals surface area contributed by atoms with Crippen LogP contribution >= 0.6 is 23.2 Å². The molecule has 0 saturated carbocycles. The summed E-state index contributed by atoms with van der Waals surface area (Å²) in [5.74, 6) is -0.00488. The molecule has 9 heteroatoms. The van der Waals surface area contributed by atoms with E-state index in [1.54, 1.807) is 31.2 Å². The summed E-state index contributed by atoms with van der Waals surface area (Å²) in [6.45, 7) is 1.64. The summed E-state index contributed by atoms with van der Waals surface area (Å²) in [6, 6.07) is 22.8. The summed E-state index contributed by atoms with van der Waals surface area (Å²) < 4.78 is 16.5. The molecule has 0 bridgehead atoms. The molecule has 0 radical (unpaired) electrons. The first-order valence-electron chi connectivity index (χ1n) is 11.2. The van der Waals surface area contributed by atoms with E-state index in [9.17, 15) is 9.59 Å². The summed E-state index contributed by atoms with van der Waals surface area (Å²) in [5, 5.41) is 6.68. The van der Waals surface area contributed by atoms with Crippen molar-refractivity contribution in [3.05, 3.63) is 100 Å². The monoisotopic (exact) mass is 536 g/mol. The summed E-state index contributed by atoms with van der Waals surface area (Å²) in [7, 11) is 1.44. The summed E-state index contributed by atoms with van der Waals surface area (Å²) in [5.41, 5.74) is 3.23. The van der Waals surface area contributed by atoms with Crippen LogP contribution in [0.5, 0.6) is 17.2 Å². The largest absolute Gasteiger partial charge is 0.493 e. The molecule has 0 aliphatic carbocycles. The lowest BCUT2D eigenvalue weighted by atomic mass is 10.1. The normalized spacial score (nSPS) is 11.8. The molecular formula is C28H22Cl2N2O5. The van der Waals surface area contributed by atoms with Gasteiger partial charge in [-0.15, -0.1) is 0 Å². The Morgan fingerprint density at radius 3 is 2.46 bits per heavy atom. The van der Waals surface area contributed by atoms with Crippen LogP contribution in [0, 0.1) is 0 Å². The van der Waals surface area contributed by atoms with Gasteiger partial charge in [0.25, 0.3) is 5.91 Å². The Morgan fingerprint density at radius 1 is 0.919 bits per heavy atom. The summed E-state index contributed by atoms with van der Waals surface area (Å²) in [6.07, 6.45) is 0.666. The number of nitrogens with zero attached hydrogens (tertiary/aromatic N) is 1. The number of carbonyl (C=O) groups excluding carboxylic acids is 2. The number of carbonyl (C=O) groups is 2. The van der Waals surface area contributed by atoms with Crippen LogP contribution in [0.3, 0.4) is 0 Å². The van der Waals surface area contributed by atoms with Crippen LogP contribution in [0.25, 0.3) is 10.8 Å². The SMILES string of the molecule is COc1cc(/C=N\NC(=O)[C@@H](C)Oc2ccc3ccccc3c2)ccc1OC(=O)c1ccc(Cl)cc1Cl. The number of halogens is 2. The molecule has 1 amide bonds. The fourth-order valence-electron chi connectivity index (χ4n) is 3.42. The van der Waals surface area contributed by atoms with Crippen molar-refractivity contribution < 1.29 is 23.8 Å². The van der Waals surface area contributed by atoms with Crippen molar-refractivity contribution in [1.82, 2.24) is 5.43 Å². The van der Waals surface area contributed by atoms with Crippen molar-refractivity contribution in [3.8, 4) is 17.2 Å². The van der Waals surface area contributed by atoms with Crippen LogP contribution in [0.2, 0.25) is 10.0 Å². The predicted octanol–water partition coefficient (Wildman–Crippen LogP) is 6.29. The number of fused-ring (bicyclic) bond motifs is 1. The fourth-order valence-corrected chi connectivity index (χ4v) is 3.90. The summed E-state index contributed by atoms with van der Waals surface area (Å²) in [4.78, 5) is 24.9. The maximum Gasteiger partial charge on any atom is 0.345 e. The number of esters is 1. The Hall–Kier alpha value is -4.07. The Balaban J connectivity index is 1.36. The Labute approximate surface area is 223 Å². The zero-order valence-corrected chi connectivity index (χ0v) is 21.4. The first-order valence-corrected chi connectivity index (χ1v) is 11.9. The highest BCUT2D eigenvalue weighted by atomic mass is 35.5. The molecule has 0 spiro atoms. The van der Waals surface area contributed by atoms with Crippen molar-refractivity contribution in [1.29, 1.82) is 0 Å². The highest BCUT2D eigenvalue weighted by Gasteiger charge is 2.17. The van der Waals surface area contributed by atoms with Crippen molar-refractivity contribution in [2.75, 3.05) is 7.11 Å². The number of hydrogen-bond acceptors (Lipinski definition) is 6. The van der Waals surface area contributed by atoms with Crippen LogP contribution in [0.4, 0.5) is 0 Å². The van der Waals surface area contributed by atoms with E-state index in [1.165, 1.54) is 25.5 Å². The van der Waals surface area contributed by atoms with Gasteiger partial charge in [-0.2, -0.15) is 5.10 Å². The highest BCUT2D eigenvalue weighted by molar-refractivity contribution is 6.36.